The molecule has 10 heteroatoms. The van der Waals surface area contributed by atoms with Crippen LogP contribution in [0.15, 0.2) is 54.6 Å². The normalized spacial score (nSPS) is 13.8. The van der Waals surface area contributed by atoms with E-state index in [1.807, 2.05) is 0 Å². The monoisotopic (exact) mass is 492 g/mol. The molecule has 0 saturated heterocycles. The Bertz CT molecular complexity index is 1140. The van der Waals surface area contributed by atoms with Gasteiger partial charge < -0.3 is 10.2 Å². The number of halogens is 4. The molecular weight excluding hydrogens is 482 g/mol. The summed E-state index contributed by atoms with van der Waals surface area (Å²) in [5, 5.41) is 19.9. The molecule has 0 amide bonds. The van der Waals surface area contributed by atoms with E-state index in [-0.39, 0.29) is 31.2 Å². The van der Waals surface area contributed by atoms with E-state index in [0.717, 1.165) is 6.07 Å². The van der Waals surface area contributed by atoms with Crippen LogP contribution < -0.4 is 0 Å². The van der Waals surface area contributed by atoms with Crippen LogP contribution in [0.4, 0.5) is 0 Å². The largest absolute Gasteiger partial charge is 0.504 e. The molecule has 0 aromatic heterocycles. The first-order valence-electron chi connectivity index (χ1n) is 7.91. The summed E-state index contributed by atoms with van der Waals surface area (Å²) in [4.78, 5) is 0. The Morgan fingerprint density at radius 3 is 1.83 bits per heavy atom. The molecule has 3 aromatic rings. The lowest BCUT2D eigenvalue weighted by molar-refractivity contribution is 0.394. The molecule has 152 valence electrons. The zero-order chi connectivity index (χ0) is 21.6. The minimum absolute atomic E-state index is 0.0450. The summed E-state index contributed by atoms with van der Waals surface area (Å²) in [5.74, 6) is -1.53. The fourth-order valence-electron chi connectivity index (χ4n) is 3.23. The van der Waals surface area contributed by atoms with Crippen molar-refractivity contribution in [3.63, 3.8) is 0 Å². The lowest BCUT2D eigenvalue weighted by atomic mass is 9.83. The Morgan fingerprint density at radius 1 is 0.724 bits per heavy atom. The van der Waals surface area contributed by atoms with Gasteiger partial charge in [0.2, 0.25) is 0 Å². The van der Waals surface area contributed by atoms with E-state index in [1.165, 1.54) is 42.5 Å². The van der Waals surface area contributed by atoms with Crippen molar-refractivity contribution in [1.82, 2.24) is 0 Å². The summed E-state index contributed by atoms with van der Waals surface area (Å²) >= 11 is 25.1. The molecule has 0 saturated carbocycles. The van der Waals surface area contributed by atoms with Gasteiger partial charge in [0, 0.05) is 16.1 Å². The third-order valence-corrected chi connectivity index (χ3v) is 7.27. The average molecular weight is 494 g/mol. The van der Waals surface area contributed by atoms with Crippen LogP contribution in [0.25, 0.3) is 0 Å². The maximum atomic E-state index is 13.0. The van der Waals surface area contributed by atoms with Gasteiger partial charge in [-0.1, -0.05) is 76.7 Å². The van der Waals surface area contributed by atoms with Gasteiger partial charge in [0.15, 0.2) is 16.2 Å². The highest BCUT2D eigenvalue weighted by molar-refractivity contribution is 7.87. The molecule has 0 heterocycles. The van der Waals surface area contributed by atoms with Gasteiger partial charge >= 0.3 is 0 Å². The summed E-state index contributed by atoms with van der Waals surface area (Å²) in [6.07, 6.45) is 0. The summed E-state index contributed by atoms with van der Waals surface area (Å²) in [6, 6.07) is 12.3. The van der Waals surface area contributed by atoms with Crippen LogP contribution in [0.1, 0.15) is 16.7 Å². The SMILES string of the molecule is O=S(=O)(O)C(c1ccccc1)(c1c(Cl)ccc(O)c1O)c1c(Cl)ccc(Cl)c1Cl. The first-order valence-corrected chi connectivity index (χ1v) is 10.9. The second kappa shape index (κ2) is 7.87. The number of phenolic OH excluding ortho intramolecular Hbond substituents is 2. The van der Waals surface area contributed by atoms with Crippen molar-refractivity contribution in [3.8, 4) is 11.5 Å². The van der Waals surface area contributed by atoms with Crippen molar-refractivity contribution >= 4 is 56.5 Å². The van der Waals surface area contributed by atoms with Gasteiger partial charge in [0.25, 0.3) is 10.1 Å². The minimum atomic E-state index is -5.19. The number of aromatic hydroxyl groups is 2. The number of phenols is 2. The van der Waals surface area contributed by atoms with Gasteiger partial charge in [-0.15, -0.1) is 0 Å². The smallest absolute Gasteiger partial charge is 0.283 e. The molecule has 1 atom stereocenters. The molecule has 0 aliphatic carbocycles. The molecule has 3 rings (SSSR count). The van der Waals surface area contributed by atoms with Gasteiger partial charge in [0.05, 0.1) is 15.1 Å². The summed E-state index contributed by atoms with van der Waals surface area (Å²) in [5.41, 5.74) is -0.903. The molecule has 0 aliphatic heterocycles. The molecule has 1 unspecified atom stereocenters. The summed E-state index contributed by atoms with van der Waals surface area (Å²) < 4.78 is 34.0. The van der Waals surface area contributed by atoms with Gasteiger partial charge in [-0.3, -0.25) is 4.55 Å². The third-order valence-electron chi connectivity index (χ3n) is 4.42. The van der Waals surface area contributed by atoms with Crippen molar-refractivity contribution in [1.29, 1.82) is 0 Å². The lowest BCUT2D eigenvalue weighted by Crippen LogP contribution is -2.39. The molecule has 29 heavy (non-hydrogen) atoms. The average Bonchev–Trinajstić information content (AvgIpc) is 2.66. The fraction of sp³-hybridized carbons (Fsp3) is 0.0526. The van der Waals surface area contributed by atoms with Crippen LogP contribution in [-0.2, 0) is 14.9 Å². The lowest BCUT2D eigenvalue weighted by Gasteiger charge is -2.35. The van der Waals surface area contributed by atoms with Crippen molar-refractivity contribution in [3.05, 3.63) is 91.4 Å². The van der Waals surface area contributed by atoms with Crippen LogP contribution in [0, 0.1) is 0 Å². The van der Waals surface area contributed by atoms with E-state index in [1.54, 1.807) is 6.07 Å². The van der Waals surface area contributed by atoms with E-state index in [2.05, 4.69) is 0 Å². The summed E-state index contributed by atoms with van der Waals surface area (Å²) in [7, 11) is -5.19. The maximum absolute atomic E-state index is 13.0. The molecule has 0 spiro atoms. The van der Waals surface area contributed by atoms with E-state index in [0.29, 0.717) is 0 Å². The third kappa shape index (κ3) is 3.44. The van der Waals surface area contributed by atoms with E-state index >= 15 is 0 Å². The van der Waals surface area contributed by atoms with Crippen LogP contribution in [0.2, 0.25) is 20.1 Å². The number of rotatable bonds is 4. The molecule has 3 N–H and O–H groups in total. The Morgan fingerprint density at radius 2 is 1.24 bits per heavy atom. The number of hydrogen-bond donors (Lipinski definition) is 3. The molecular formula is C19H12Cl4O5S. The highest BCUT2D eigenvalue weighted by Gasteiger charge is 2.54. The molecule has 0 radical (unpaired) electrons. The van der Waals surface area contributed by atoms with Crippen molar-refractivity contribution in [2.75, 3.05) is 0 Å². The van der Waals surface area contributed by atoms with Gasteiger partial charge in [-0.05, 0) is 29.8 Å². The van der Waals surface area contributed by atoms with Crippen LogP contribution in [0.5, 0.6) is 11.5 Å². The van der Waals surface area contributed by atoms with E-state index < -0.39 is 31.9 Å². The van der Waals surface area contributed by atoms with Crippen LogP contribution >= 0.6 is 46.4 Å². The van der Waals surface area contributed by atoms with Gasteiger partial charge in [-0.25, -0.2) is 0 Å². The Labute approximate surface area is 186 Å². The van der Waals surface area contributed by atoms with Crippen molar-refractivity contribution in [2.45, 2.75) is 4.75 Å². The minimum Gasteiger partial charge on any atom is -0.504 e. The molecule has 5 nitrogen and oxygen atoms in total. The van der Waals surface area contributed by atoms with Crippen LogP contribution in [-0.4, -0.2) is 23.2 Å². The standard InChI is InChI=1S/C19H12Cl4O5S/c20-11-6-7-13(22)17(23)15(11)19(29(26,27)28,10-4-2-1-3-5-10)16-12(21)8-9-14(24)18(16)25/h1-9,24-25H,(H,26,27,28). The molecule has 0 bridgehead atoms. The topological polar surface area (TPSA) is 94.8 Å². The number of hydrogen-bond acceptors (Lipinski definition) is 4. The zero-order valence-corrected chi connectivity index (χ0v) is 18.1. The first kappa shape index (κ1) is 22.0. The Kier molecular flexibility index (Phi) is 5.98. The first-order chi connectivity index (χ1) is 13.5. The quantitative estimate of drug-likeness (QED) is 0.182. The predicted octanol–water partition coefficient (Wildman–Crippen LogP) is 5.89. The fourth-order valence-corrected chi connectivity index (χ4v) is 5.88. The Balaban J connectivity index is 2.71. The van der Waals surface area contributed by atoms with Crippen molar-refractivity contribution in [2.24, 2.45) is 0 Å². The molecule has 3 aromatic carbocycles. The number of benzene rings is 3. The second-order valence-electron chi connectivity index (χ2n) is 6.03. The highest BCUT2D eigenvalue weighted by Crippen LogP contribution is 2.55. The predicted molar refractivity (Wildman–Crippen MR) is 114 cm³/mol. The Hall–Kier alpha value is -1.67. The zero-order valence-electron chi connectivity index (χ0n) is 14.3. The van der Waals surface area contributed by atoms with E-state index in [4.69, 9.17) is 46.4 Å². The molecule has 0 aliphatic rings. The van der Waals surface area contributed by atoms with Crippen molar-refractivity contribution < 1.29 is 23.2 Å². The van der Waals surface area contributed by atoms with Gasteiger partial charge in [0.1, 0.15) is 0 Å². The van der Waals surface area contributed by atoms with Crippen LogP contribution in [0.3, 0.4) is 0 Å². The summed E-state index contributed by atoms with van der Waals surface area (Å²) in [6.45, 7) is 0. The van der Waals surface area contributed by atoms with E-state index in [9.17, 15) is 23.2 Å². The van der Waals surface area contributed by atoms with Gasteiger partial charge in [-0.2, -0.15) is 8.42 Å². The maximum Gasteiger partial charge on any atom is 0.283 e. The molecule has 0 fully saturated rings. The highest BCUT2D eigenvalue weighted by atomic mass is 35.5. The second-order valence-corrected chi connectivity index (χ2v) is 9.19.